The van der Waals surface area contributed by atoms with Crippen molar-refractivity contribution in [1.29, 1.82) is 0 Å². The van der Waals surface area contributed by atoms with Gasteiger partial charge in [-0.1, -0.05) is 30.4 Å². The SMILES string of the molecule is CCN(c1ccccc1)C(C1CC1)C1(O)CC=CC1. The number of anilines is 1. The summed E-state index contributed by atoms with van der Waals surface area (Å²) in [5.74, 6) is 0.657. The summed E-state index contributed by atoms with van der Waals surface area (Å²) in [4.78, 5) is 2.41. The highest BCUT2D eigenvalue weighted by molar-refractivity contribution is 5.48. The molecule has 1 unspecified atom stereocenters. The van der Waals surface area contributed by atoms with Crippen molar-refractivity contribution in [3.05, 3.63) is 42.5 Å². The van der Waals surface area contributed by atoms with E-state index in [-0.39, 0.29) is 6.04 Å². The molecule has 1 fully saturated rings. The topological polar surface area (TPSA) is 23.5 Å². The summed E-state index contributed by atoms with van der Waals surface area (Å²) in [5, 5.41) is 11.0. The van der Waals surface area contributed by atoms with E-state index in [1.54, 1.807) is 0 Å². The van der Waals surface area contributed by atoms with Crippen molar-refractivity contribution in [3.8, 4) is 0 Å². The molecule has 1 aromatic carbocycles. The van der Waals surface area contributed by atoms with Crippen LogP contribution in [0.5, 0.6) is 0 Å². The Kier molecular flexibility index (Phi) is 3.36. The molecule has 1 saturated carbocycles. The Balaban J connectivity index is 1.90. The molecule has 1 N–H and O–H groups in total. The average Bonchev–Trinajstić information content (AvgIpc) is 3.18. The third kappa shape index (κ3) is 2.42. The molecule has 1 aromatic rings. The fourth-order valence-corrected chi connectivity index (χ4v) is 3.45. The van der Waals surface area contributed by atoms with E-state index >= 15 is 0 Å². The number of para-hydroxylation sites is 1. The van der Waals surface area contributed by atoms with Crippen molar-refractivity contribution in [1.82, 2.24) is 0 Å². The third-order valence-electron chi connectivity index (χ3n) is 4.49. The molecule has 0 aromatic heterocycles. The molecule has 2 heteroatoms. The first-order valence-corrected chi connectivity index (χ1v) is 7.43. The van der Waals surface area contributed by atoms with Gasteiger partial charge in [0.2, 0.25) is 0 Å². The monoisotopic (exact) mass is 257 g/mol. The normalized spacial score (nSPS) is 22.4. The molecule has 2 nitrogen and oxygen atoms in total. The van der Waals surface area contributed by atoms with Gasteiger partial charge >= 0.3 is 0 Å². The van der Waals surface area contributed by atoms with Crippen LogP contribution in [0.1, 0.15) is 32.6 Å². The summed E-state index contributed by atoms with van der Waals surface area (Å²) in [7, 11) is 0. The maximum atomic E-state index is 11.0. The first-order valence-electron chi connectivity index (χ1n) is 7.43. The molecule has 3 rings (SSSR count). The van der Waals surface area contributed by atoms with Gasteiger partial charge in [-0.2, -0.15) is 0 Å². The summed E-state index contributed by atoms with van der Waals surface area (Å²) in [6.45, 7) is 3.14. The highest BCUT2D eigenvalue weighted by Crippen LogP contribution is 2.45. The van der Waals surface area contributed by atoms with E-state index in [4.69, 9.17) is 0 Å². The highest BCUT2D eigenvalue weighted by atomic mass is 16.3. The number of nitrogens with zero attached hydrogens (tertiary/aromatic N) is 1. The van der Waals surface area contributed by atoms with Crippen LogP contribution in [0.15, 0.2) is 42.5 Å². The maximum absolute atomic E-state index is 11.0. The quantitative estimate of drug-likeness (QED) is 0.817. The van der Waals surface area contributed by atoms with Crippen molar-refractivity contribution in [2.45, 2.75) is 44.2 Å². The molecule has 1 atom stereocenters. The maximum Gasteiger partial charge on any atom is 0.0920 e. The molecule has 2 aliphatic rings. The van der Waals surface area contributed by atoms with Crippen molar-refractivity contribution in [2.24, 2.45) is 5.92 Å². The molecule has 0 radical (unpaired) electrons. The van der Waals surface area contributed by atoms with E-state index in [1.165, 1.54) is 18.5 Å². The van der Waals surface area contributed by atoms with E-state index < -0.39 is 5.60 Å². The lowest BCUT2D eigenvalue weighted by atomic mass is 9.86. The largest absolute Gasteiger partial charge is 0.387 e. The molecule has 0 saturated heterocycles. The standard InChI is InChI=1S/C17H23NO/c1-2-18(15-8-4-3-5-9-15)16(14-10-11-14)17(19)12-6-7-13-17/h3-9,14,16,19H,2,10-13H2,1H3. The summed E-state index contributed by atoms with van der Waals surface area (Å²) < 4.78 is 0. The minimum Gasteiger partial charge on any atom is -0.387 e. The Morgan fingerprint density at radius 2 is 1.84 bits per heavy atom. The predicted molar refractivity (Wildman–Crippen MR) is 79.3 cm³/mol. The van der Waals surface area contributed by atoms with E-state index in [1.807, 2.05) is 0 Å². The second-order valence-corrected chi connectivity index (χ2v) is 5.89. The summed E-state index contributed by atoms with van der Waals surface area (Å²) in [5.41, 5.74) is 0.676. The molecule has 19 heavy (non-hydrogen) atoms. The molecule has 0 heterocycles. The van der Waals surface area contributed by atoms with Gasteiger partial charge in [-0.3, -0.25) is 0 Å². The van der Waals surface area contributed by atoms with Crippen molar-refractivity contribution < 1.29 is 5.11 Å². The third-order valence-corrected chi connectivity index (χ3v) is 4.49. The zero-order chi connectivity index (χ0) is 13.3. The molecule has 2 aliphatic carbocycles. The number of likely N-dealkylation sites (N-methyl/N-ethyl adjacent to an activating group) is 1. The van der Waals surface area contributed by atoms with Crippen LogP contribution >= 0.6 is 0 Å². The van der Waals surface area contributed by atoms with Gasteiger partial charge in [0.15, 0.2) is 0 Å². The predicted octanol–water partition coefficient (Wildman–Crippen LogP) is 3.37. The lowest BCUT2D eigenvalue weighted by Crippen LogP contribution is -2.53. The van der Waals surface area contributed by atoms with Gasteiger partial charge in [0.25, 0.3) is 0 Å². The van der Waals surface area contributed by atoms with E-state index in [2.05, 4.69) is 54.3 Å². The zero-order valence-corrected chi connectivity index (χ0v) is 11.6. The lowest BCUT2D eigenvalue weighted by Gasteiger charge is -2.42. The van der Waals surface area contributed by atoms with Gasteiger partial charge in [-0.05, 0) is 50.7 Å². The smallest absolute Gasteiger partial charge is 0.0920 e. The second kappa shape index (κ2) is 5.01. The van der Waals surface area contributed by atoms with Gasteiger partial charge in [-0.15, -0.1) is 0 Å². The molecule has 0 bridgehead atoms. The second-order valence-electron chi connectivity index (χ2n) is 5.89. The Hall–Kier alpha value is -1.28. The van der Waals surface area contributed by atoms with Gasteiger partial charge < -0.3 is 10.0 Å². The first-order chi connectivity index (χ1) is 9.24. The lowest BCUT2D eigenvalue weighted by molar-refractivity contribution is 0.0168. The Labute approximate surface area is 115 Å². The van der Waals surface area contributed by atoms with E-state index in [9.17, 15) is 5.11 Å². The van der Waals surface area contributed by atoms with Crippen LogP contribution in [-0.4, -0.2) is 23.3 Å². The van der Waals surface area contributed by atoms with Gasteiger partial charge in [0.05, 0.1) is 11.6 Å². The van der Waals surface area contributed by atoms with Crippen LogP contribution in [0.25, 0.3) is 0 Å². The molecule has 102 valence electrons. The minimum absolute atomic E-state index is 0.259. The molecule has 0 aliphatic heterocycles. The summed E-state index contributed by atoms with van der Waals surface area (Å²) in [6, 6.07) is 10.8. The van der Waals surface area contributed by atoms with Crippen LogP contribution in [0.2, 0.25) is 0 Å². The number of hydrogen-bond donors (Lipinski definition) is 1. The molecule has 0 amide bonds. The Morgan fingerprint density at radius 1 is 1.21 bits per heavy atom. The van der Waals surface area contributed by atoms with Crippen molar-refractivity contribution in [3.63, 3.8) is 0 Å². The minimum atomic E-state index is -0.562. The van der Waals surface area contributed by atoms with Crippen LogP contribution in [0.4, 0.5) is 5.69 Å². The summed E-state index contributed by atoms with van der Waals surface area (Å²) in [6.07, 6.45) is 8.39. The number of hydrogen-bond acceptors (Lipinski definition) is 2. The molecular weight excluding hydrogens is 234 g/mol. The zero-order valence-electron chi connectivity index (χ0n) is 11.6. The number of rotatable bonds is 5. The van der Waals surface area contributed by atoms with Crippen LogP contribution < -0.4 is 4.90 Å². The summed E-state index contributed by atoms with van der Waals surface area (Å²) >= 11 is 0. The Bertz CT molecular complexity index is 442. The molecule has 0 spiro atoms. The average molecular weight is 257 g/mol. The van der Waals surface area contributed by atoms with Gasteiger partial charge in [-0.25, -0.2) is 0 Å². The van der Waals surface area contributed by atoms with Crippen molar-refractivity contribution in [2.75, 3.05) is 11.4 Å². The van der Waals surface area contributed by atoms with Gasteiger partial charge in [0, 0.05) is 12.2 Å². The van der Waals surface area contributed by atoms with E-state index in [0.29, 0.717) is 5.92 Å². The fraction of sp³-hybridized carbons (Fsp3) is 0.529. The molecular formula is C17H23NO. The van der Waals surface area contributed by atoms with E-state index in [0.717, 1.165) is 19.4 Å². The van der Waals surface area contributed by atoms with Crippen LogP contribution in [0.3, 0.4) is 0 Å². The van der Waals surface area contributed by atoms with Gasteiger partial charge in [0.1, 0.15) is 0 Å². The first kappa shape index (κ1) is 12.7. The van der Waals surface area contributed by atoms with Crippen molar-refractivity contribution >= 4 is 5.69 Å². The highest BCUT2D eigenvalue weighted by Gasteiger charge is 2.48. The number of aliphatic hydroxyl groups is 1. The van der Waals surface area contributed by atoms with Crippen LogP contribution in [-0.2, 0) is 0 Å². The Morgan fingerprint density at radius 3 is 2.37 bits per heavy atom. The fourth-order valence-electron chi connectivity index (χ4n) is 3.45. The van der Waals surface area contributed by atoms with Crippen LogP contribution in [0, 0.1) is 5.92 Å². The number of benzene rings is 1.